The second-order valence-electron chi connectivity index (χ2n) is 4.87. The molecular weight excluding hydrogens is 232 g/mol. The summed E-state index contributed by atoms with van der Waals surface area (Å²) in [6, 6.07) is 3.98. The van der Waals surface area contributed by atoms with Crippen molar-refractivity contribution in [2.45, 2.75) is 19.4 Å². The summed E-state index contributed by atoms with van der Waals surface area (Å²) in [6.07, 6.45) is 0.915. The van der Waals surface area contributed by atoms with Crippen LogP contribution in [0.3, 0.4) is 0 Å². The number of phenolic OH excluding ortho intramolecular Hbond substituents is 2. The topological polar surface area (TPSA) is 81.6 Å². The first kappa shape index (κ1) is 12.7. The third-order valence-corrected chi connectivity index (χ3v) is 3.13. The van der Waals surface area contributed by atoms with Gasteiger partial charge in [0.15, 0.2) is 0 Å². The third-order valence-electron chi connectivity index (χ3n) is 3.13. The maximum absolute atomic E-state index is 12.0. The lowest BCUT2D eigenvalue weighted by Gasteiger charge is -2.28. The molecule has 0 radical (unpaired) electrons. The van der Waals surface area contributed by atoms with Crippen molar-refractivity contribution in [1.29, 1.82) is 0 Å². The summed E-state index contributed by atoms with van der Waals surface area (Å²) < 4.78 is 0. The van der Waals surface area contributed by atoms with E-state index in [1.54, 1.807) is 0 Å². The van der Waals surface area contributed by atoms with Crippen LogP contribution in [0.25, 0.3) is 0 Å². The SMILES string of the molecule is CC1CNCC(NC(=O)c2cc(O)ccc2O)C1. The molecule has 1 heterocycles. The molecule has 1 aromatic carbocycles. The van der Waals surface area contributed by atoms with Crippen molar-refractivity contribution in [2.75, 3.05) is 13.1 Å². The first-order valence-corrected chi connectivity index (χ1v) is 6.10. The van der Waals surface area contributed by atoms with Gasteiger partial charge in [-0.25, -0.2) is 0 Å². The van der Waals surface area contributed by atoms with Crippen LogP contribution in [0.5, 0.6) is 11.5 Å². The lowest BCUT2D eigenvalue weighted by molar-refractivity contribution is 0.0922. The largest absolute Gasteiger partial charge is 0.508 e. The van der Waals surface area contributed by atoms with Crippen LogP contribution >= 0.6 is 0 Å². The van der Waals surface area contributed by atoms with Crippen LogP contribution in [0.4, 0.5) is 0 Å². The van der Waals surface area contributed by atoms with Crippen LogP contribution in [0.1, 0.15) is 23.7 Å². The monoisotopic (exact) mass is 250 g/mol. The zero-order valence-electron chi connectivity index (χ0n) is 10.3. The molecule has 98 valence electrons. The van der Waals surface area contributed by atoms with Crippen molar-refractivity contribution in [3.63, 3.8) is 0 Å². The smallest absolute Gasteiger partial charge is 0.255 e. The highest BCUT2D eigenvalue weighted by molar-refractivity contribution is 5.97. The van der Waals surface area contributed by atoms with Crippen molar-refractivity contribution >= 4 is 5.91 Å². The average Bonchev–Trinajstić information content (AvgIpc) is 2.32. The summed E-state index contributed by atoms with van der Waals surface area (Å²) in [5.74, 6) is 0.00123. The van der Waals surface area contributed by atoms with Crippen LogP contribution < -0.4 is 10.6 Å². The van der Waals surface area contributed by atoms with Crippen molar-refractivity contribution in [3.8, 4) is 11.5 Å². The van der Waals surface area contributed by atoms with Gasteiger partial charge in [-0.3, -0.25) is 4.79 Å². The molecule has 1 saturated heterocycles. The second kappa shape index (κ2) is 5.27. The summed E-state index contributed by atoms with van der Waals surface area (Å²) >= 11 is 0. The molecule has 2 rings (SSSR count). The van der Waals surface area contributed by atoms with Crippen molar-refractivity contribution in [1.82, 2.24) is 10.6 Å². The quantitative estimate of drug-likeness (QED) is 0.586. The predicted octanol–water partition coefficient (Wildman–Crippen LogP) is 0.826. The maximum atomic E-state index is 12.0. The number of hydrogen-bond acceptors (Lipinski definition) is 4. The minimum absolute atomic E-state index is 0.0342. The Morgan fingerprint density at radius 2 is 2.17 bits per heavy atom. The minimum atomic E-state index is -0.357. The van der Waals surface area contributed by atoms with E-state index in [9.17, 15) is 15.0 Å². The van der Waals surface area contributed by atoms with E-state index >= 15 is 0 Å². The van der Waals surface area contributed by atoms with Gasteiger partial charge in [0.25, 0.3) is 5.91 Å². The third kappa shape index (κ3) is 2.92. The Kier molecular flexibility index (Phi) is 3.72. The Morgan fingerprint density at radius 3 is 2.89 bits per heavy atom. The molecule has 18 heavy (non-hydrogen) atoms. The number of benzene rings is 1. The fourth-order valence-electron chi connectivity index (χ4n) is 2.24. The molecule has 0 aliphatic carbocycles. The fourth-order valence-corrected chi connectivity index (χ4v) is 2.24. The highest BCUT2D eigenvalue weighted by Crippen LogP contribution is 2.22. The normalized spacial score (nSPS) is 23.6. The van der Waals surface area contributed by atoms with Crippen LogP contribution in [-0.4, -0.2) is 35.3 Å². The maximum Gasteiger partial charge on any atom is 0.255 e. The molecule has 0 aromatic heterocycles. The number of carbonyl (C=O) groups is 1. The number of carbonyl (C=O) groups excluding carboxylic acids is 1. The van der Waals surface area contributed by atoms with E-state index in [4.69, 9.17) is 0 Å². The first-order valence-electron chi connectivity index (χ1n) is 6.10. The van der Waals surface area contributed by atoms with Gasteiger partial charge in [-0.05, 0) is 37.1 Å². The summed E-state index contributed by atoms with van der Waals surface area (Å²) in [6.45, 7) is 3.82. The number of piperidine rings is 1. The number of nitrogens with one attached hydrogen (secondary N) is 2. The number of aromatic hydroxyl groups is 2. The average molecular weight is 250 g/mol. The van der Waals surface area contributed by atoms with E-state index in [0.717, 1.165) is 19.5 Å². The van der Waals surface area contributed by atoms with Crippen LogP contribution in [0.15, 0.2) is 18.2 Å². The molecule has 0 saturated carbocycles. The van der Waals surface area contributed by atoms with Crippen LogP contribution in [0, 0.1) is 5.92 Å². The van der Waals surface area contributed by atoms with Gasteiger partial charge < -0.3 is 20.8 Å². The van der Waals surface area contributed by atoms with Gasteiger partial charge in [-0.1, -0.05) is 6.92 Å². The predicted molar refractivity (Wildman–Crippen MR) is 67.7 cm³/mol. The molecular formula is C13H18N2O3. The highest BCUT2D eigenvalue weighted by atomic mass is 16.3. The number of hydrogen-bond donors (Lipinski definition) is 4. The molecule has 2 atom stereocenters. The van der Waals surface area contributed by atoms with Gasteiger partial charge in [0.1, 0.15) is 11.5 Å². The molecule has 1 aliphatic heterocycles. The van der Waals surface area contributed by atoms with E-state index in [-0.39, 0.29) is 29.0 Å². The molecule has 5 heteroatoms. The molecule has 1 aliphatic rings. The zero-order valence-corrected chi connectivity index (χ0v) is 10.3. The molecule has 5 nitrogen and oxygen atoms in total. The van der Waals surface area contributed by atoms with Gasteiger partial charge in [-0.2, -0.15) is 0 Å². The molecule has 4 N–H and O–H groups in total. The fraction of sp³-hybridized carbons (Fsp3) is 0.462. The molecule has 1 fully saturated rings. The van der Waals surface area contributed by atoms with E-state index in [1.807, 2.05) is 0 Å². The van der Waals surface area contributed by atoms with Crippen LogP contribution in [0.2, 0.25) is 0 Å². The summed E-state index contributed by atoms with van der Waals surface area (Å²) in [4.78, 5) is 12.0. The highest BCUT2D eigenvalue weighted by Gasteiger charge is 2.21. The molecule has 1 amide bonds. The van der Waals surface area contributed by atoms with Crippen molar-refractivity contribution in [3.05, 3.63) is 23.8 Å². The van der Waals surface area contributed by atoms with E-state index in [1.165, 1.54) is 18.2 Å². The lowest BCUT2D eigenvalue weighted by atomic mass is 9.97. The number of rotatable bonds is 2. The molecule has 0 bridgehead atoms. The summed E-state index contributed by atoms with van der Waals surface area (Å²) in [5, 5.41) is 25.0. The number of phenols is 2. The van der Waals surface area contributed by atoms with Crippen LogP contribution in [-0.2, 0) is 0 Å². The Morgan fingerprint density at radius 1 is 1.39 bits per heavy atom. The van der Waals surface area contributed by atoms with Gasteiger partial charge in [0, 0.05) is 12.6 Å². The second-order valence-corrected chi connectivity index (χ2v) is 4.87. The summed E-state index contributed by atoms with van der Waals surface area (Å²) in [7, 11) is 0. The Hall–Kier alpha value is -1.75. The van der Waals surface area contributed by atoms with E-state index in [0.29, 0.717) is 5.92 Å². The van der Waals surface area contributed by atoms with Gasteiger partial charge in [-0.15, -0.1) is 0 Å². The van der Waals surface area contributed by atoms with E-state index < -0.39 is 0 Å². The molecule has 2 unspecified atom stereocenters. The standard InChI is InChI=1S/C13H18N2O3/c1-8-4-9(7-14-6-8)15-13(18)11-5-10(16)2-3-12(11)17/h2-3,5,8-9,14,16-17H,4,6-7H2,1H3,(H,15,18). The van der Waals surface area contributed by atoms with Gasteiger partial charge in [0.05, 0.1) is 5.56 Å². The Bertz CT molecular complexity index is 448. The van der Waals surface area contributed by atoms with Crippen molar-refractivity contribution in [2.24, 2.45) is 5.92 Å². The molecule has 0 spiro atoms. The number of amides is 1. The van der Waals surface area contributed by atoms with E-state index in [2.05, 4.69) is 17.6 Å². The Balaban J connectivity index is 2.05. The van der Waals surface area contributed by atoms with Crippen molar-refractivity contribution < 1.29 is 15.0 Å². The zero-order chi connectivity index (χ0) is 13.1. The molecule has 1 aromatic rings. The summed E-state index contributed by atoms with van der Waals surface area (Å²) in [5.41, 5.74) is 0.105. The Labute approximate surface area is 106 Å². The lowest BCUT2D eigenvalue weighted by Crippen LogP contribution is -2.48. The van der Waals surface area contributed by atoms with Gasteiger partial charge >= 0.3 is 0 Å². The first-order chi connectivity index (χ1) is 8.56. The van der Waals surface area contributed by atoms with Gasteiger partial charge in [0.2, 0.25) is 0 Å². The minimum Gasteiger partial charge on any atom is -0.508 e.